The summed E-state index contributed by atoms with van der Waals surface area (Å²) >= 11 is 2.85. The van der Waals surface area contributed by atoms with Crippen LogP contribution in [0.2, 0.25) is 0 Å². The van der Waals surface area contributed by atoms with Gasteiger partial charge >= 0.3 is 0 Å². The predicted octanol–water partition coefficient (Wildman–Crippen LogP) is 5.27. The van der Waals surface area contributed by atoms with Gasteiger partial charge in [0.2, 0.25) is 21.8 Å². The molecule has 3 N–H and O–H groups in total. The summed E-state index contributed by atoms with van der Waals surface area (Å²) < 4.78 is 34.8. The van der Waals surface area contributed by atoms with Crippen molar-refractivity contribution in [3.05, 3.63) is 47.5 Å². The molecule has 51 heavy (non-hydrogen) atoms. The Kier molecular flexibility index (Phi) is 9.45. The minimum absolute atomic E-state index is 0.144. The van der Waals surface area contributed by atoms with Crippen LogP contribution in [0, 0.1) is 5.92 Å². The van der Waals surface area contributed by atoms with E-state index in [4.69, 9.17) is 9.72 Å². The minimum Gasteiger partial charge on any atom is -0.465 e. The van der Waals surface area contributed by atoms with Gasteiger partial charge in [-0.15, -0.1) is 11.3 Å². The average molecular weight is 755 g/mol. The molecule has 3 fully saturated rings. The lowest BCUT2D eigenvalue weighted by Gasteiger charge is -2.30. The van der Waals surface area contributed by atoms with E-state index in [2.05, 4.69) is 41.1 Å². The van der Waals surface area contributed by atoms with Crippen LogP contribution in [0.5, 0.6) is 5.19 Å². The lowest BCUT2D eigenvalue weighted by Crippen LogP contribution is -2.58. The zero-order valence-electron chi connectivity index (χ0n) is 29.4. The molecule has 12 nitrogen and oxygen atoms in total. The number of benzene rings is 1. The molecule has 2 aromatic heterocycles. The fourth-order valence-electron chi connectivity index (χ4n) is 6.82. The third kappa shape index (κ3) is 7.39. The van der Waals surface area contributed by atoms with Crippen LogP contribution in [0.15, 0.2) is 41.8 Å². The number of amides is 3. The van der Waals surface area contributed by atoms with Gasteiger partial charge in [0.15, 0.2) is 5.13 Å². The molecule has 2 aliphatic carbocycles. The molecule has 4 aliphatic rings. The number of carbonyl (C=O) groups excluding carboxylic acids is 3. The highest BCUT2D eigenvalue weighted by Gasteiger charge is 2.63. The molecule has 15 heteroatoms. The Hall–Kier alpha value is -3.56. The topological polar surface area (TPSA) is 160 Å². The lowest BCUT2D eigenvalue weighted by molar-refractivity contribution is -0.140. The van der Waals surface area contributed by atoms with Crippen LogP contribution < -0.4 is 20.1 Å². The lowest BCUT2D eigenvalue weighted by atomic mass is 9.93. The number of hydrogen-bond donors (Lipinski definition) is 3. The van der Waals surface area contributed by atoms with Gasteiger partial charge in [0.05, 0.1) is 27.2 Å². The molecule has 0 bridgehead atoms. The molecule has 5 atom stereocenters. The second-order valence-electron chi connectivity index (χ2n) is 15.6. The molecule has 1 aromatic carbocycles. The van der Waals surface area contributed by atoms with Gasteiger partial charge in [0, 0.05) is 23.1 Å². The number of thiazole rings is 2. The van der Waals surface area contributed by atoms with Crippen molar-refractivity contribution < 1.29 is 27.5 Å². The maximum Gasteiger partial charge on any atom is 0.274 e. The highest BCUT2D eigenvalue weighted by Crippen LogP contribution is 2.47. The molecule has 274 valence electrons. The first-order valence-electron chi connectivity index (χ1n) is 17.8. The number of nitrogens with one attached hydrogen (secondary N) is 3. The monoisotopic (exact) mass is 754 g/mol. The Bertz CT molecular complexity index is 1930. The first-order valence-corrected chi connectivity index (χ1v) is 21.0. The van der Waals surface area contributed by atoms with E-state index >= 15 is 0 Å². The van der Waals surface area contributed by atoms with Crippen molar-refractivity contribution in [3.8, 4) is 5.19 Å². The smallest absolute Gasteiger partial charge is 0.274 e. The number of para-hydroxylation sites is 1. The number of nitrogens with zero attached hydrogens (tertiary/aromatic N) is 3. The number of rotatable bonds is 7. The highest BCUT2D eigenvalue weighted by molar-refractivity contribution is 7.91. The van der Waals surface area contributed by atoms with Crippen LogP contribution in [0.1, 0.15) is 91.2 Å². The molecule has 0 unspecified atom stereocenters. The van der Waals surface area contributed by atoms with Crippen LogP contribution in [0.4, 0.5) is 5.13 Å². The number of carbonyl (C=O) groups is 3. The Labute approximate surface area is 306 Å². The summed E-state index contributed by atoms with van der Waals surface area (Å²) in [7, 11) is -3.93. The second-order valence-corrected chi connectivity index (χ2v) is 19.7. The van der Waals surface area contributed by atoms with Crippen LogP contribution in [-0.4, -0.2) is 76.0 Å². The van der Waals surface area contributed by atoms with Crippen LogP contribution in [-0.2, 0) is 29.8 Å². The van der Waals surface area contributed by atoms with Gasteiger partial charge in [-0.3, -0.25) is 19.1 Å². The van der Waals surface area contributed by atoms with E-state index in [1.54, 1.807) is 11.8 Å². The zero-order valence-corrected chi connectivity index (χ0v) is 31.9. The number of ether oxygens (including phenoxy) is 1. The molecule has 1 saturated heterocycles. The summed E-state index contributed by atoms with van der Waals surface area (Å²) in [6, 6.07) is 6.11. The third-order valence-electron chi connectivity index (χ3n) is 10.6. The summed E-state index contributed by atoms with van der Waals surface area (Å²) in [5.41, 5.74) is 0.137. The number of sulfonamides is 1. The van der Waals surface area contributed by atoms with Crippen molar-refractivity contribution in [1.82, 2.24) is 24.9 Å². The molecule has 2 aliphatic heterocycles. The average Bonchev–Trinajstić information content (AvgIpc) is 3.73. The number of anilines is 1. The fraction of sp³-hybridized carbons (Fsp3) is 0.583. The summed E-state index contributed by atoms with van der Waals surface area (Å²) in [5, 5.41) is 9.45. The summed E-state index contributed by atoms with van der Waals surface area (Å²) in [6.07, 6.45) is 8.67. The van der Waals surface area contributed by atoms with E-state index in [1.807, 2.05) is 41.8 Å². The van der Waals surface area contributed by atoms with E-state index in [9.17, 15) is 22.8 Å². The van der Waals surface area contributed by atoms with Crippen LogP contribution in [0.25, 0.3) is 10.2 Å². The van der Waals surface area contributed by atoms with Crippen LogP contribution in [0.3, 0.4) is 0 Å². The van der Waals surface area contributed by atoms with Crippen molar-refractivity contribution in [2.24, 2.45) is 5.92 Å². The summed E-state index contributed by atoms with van der Waals surface area (Å²) in [5.74, 6) is -1.87. The number of fused-ring (bicyclic) bond motifs is 3. The van der Waals surface area contributed by atoms with E-state index in [0.717, 1.165) is 41.6 Å². The predicted molar refractivity (Wildman–Crippen MR) is 198 cm³/mol. The SMILES string of the molecule is CC(C)(C)c1csc(N[C@H]2CCCCC/C=C\[C@@H]3C[C@@]3(C(=O)NS(=O)(=O)C3(C)CC3)NC(=O)[C@@H]3C[C@@H](Oc4nc5ccccc5s4)CN3C2=O)n1. The van der Waals surface area contributed by atoms with Gasteiger partial charge in [-0.2, -0.15) is 0 Å². The largest absolute Gasteiger partial charge is 0.465 e. The van der Waals surface area contributed by atoms with Gasteiger partial charge in [-0.25, -0.2) is 18.4 Å². The van der Waals surface area contributed by atoms with Gasteiger partial charge in [0.25, 0.3) is 11.1 Å². The molecule has 0 spiro atoms. The molecule has 4 heterocycles. The van der Waals surface area contributed by atoms with Gasteiger partial charge in [-0.1, -0.05) is 69.2 Å². The van der Waals surface area contributed by atoms with Gasteiger partial charge in [0.1, 0.15) is 23.7 Å². The molecular weight excluding hydrogens is 709 g/mol. The maximum atomic E-state index is 14.6. The van der Waals surface area contributed by atoms with E-state index in [0.29, 0.717) is 29.6 Å². The normalized spacial score (nSPS) is 28.8. The molecule has 0 radical (unpaired) electrons. The van der Waals surface area contributed by atoms with E-state index in [-0.39, 0.29) is 36.6 Å². The van der Waals surface area contributed by atoms with Crippen LogP contribution >= 0.6 is 22.7 Å². The quantitative estimate of drug-likeness (QED) is 0.273. The van der Waals surface area contributed by atoms with Crippen molar-refractivity contribution in [1.29, 1.82) is 0 Å². The molecular formula is C36H46N6O6S3. The maximum absolute atomic E-state index is 14.6. The van der Waals surface area contributed by atoms with Crippen molar-refractivity contribution in [3.63, 3.8) is 0 Å². The minimum atomic E-state index is -3.93. The first-order chi connectivity index (χ1) is 24.2. The summed E-state index contributed by atoms with van der Waals surface area (Å²) in [6.45, 7) is 8.04. The van der Waals surface area contributed by atoms with E-state index in [1.165, 1.54) is 22.7 Å². The number of hydrogen-bond acceptors (Lipinski definition) is 11. The van der Waals surface area contributed by atoms with Gasteiger partial charge < -0.3 is 20.3 Å². The standard InChI is InChI=1S/C36H46N6O6S3/c1-34(2,3)28-21-49-32(39-28)37-25-14-9-7-5-6-8-12-22-19-36(22,31(45)41-51(46,47)35(4)16-17-35)40-29(43)26-18-23(20-42(26)30(25)44)48-33-38-24-13-10-11-15-27(24)50-33/h8,10-13,15,21-23,25-26H,5-7,9,14,16-20H2,1-4H3,(H,37,39)(H,40,43)(H,41,45)/b12-8-/t22-,23-,25+,26+,36-/m1/s1. The third-order valence-corrected chi connectivity index (χ3v) is 14.4. The number of aromatic nitrogens is 2. The molecule has 3 amide bonds. The Morgan fingerprint density at radius 1 is 1.12 bits per heavy atom. The van der Waals surface area contributed by atoms with E-state index < -0.39 is 50.3 Å². The molecule has 2 saturated carbocycles. The Morgan fingerprint density at radius 2 is 1.90 bits per heavy atom. The molecule has 3 aromatic rings. The Balaban J connectivity index is 1.18. The fourth-order valence-corrected chi connectivity index (χ4v) is 10.0. The van der Waals surface area contributed by atoms with Crippen molar-refractivity contribution in [2.75, 3.05) is 11.9 Å². The van der Waals surface area contributed by atoms with Gasteiger partial charge in [-0.05, 0) is 57.6 Å². The number of allylic oxidation sites excluding steroid dienone is 1. The summed E-state index contributed by atoms with van der Waals surface area (Å²) in [4.78, 5) is 53.7. The zero-order chi connectivity index (χ0) is 36.2. The second kappa shape index (κ2) is 13.4. The first kappa shape index (κ1) is 35.8. The Morgan fingerprint density at radius 3 is 2.63 bits per heavy atom. The highest BCUT2D eigenvalue weighted by atomic mass is 32.2. The van der Waals surface area contributed by atoms with Crippen molar-refractivity contribution >= 4 is 65.8 Å². The molecule has 7 rings (SSSR count). The van der Waals surface area contributed by atoms with Crippen molar-refractivity contribution in [2.45, 2.75) is 119 Å².